The topological polar surface area (TPSA) is 21.3 Å². The molecule has 1 aromatic carbocycles. The minimum atomic E-state index is 0.628. The second-order valence-electron chi connectivity index (χ2n) is 4.44. The van der Waals surface area contributed by atoms with Gasteiger partial charge < -0.3 is 10.1 Å². The van der Waals surface area contributed by atoms with E-state index in [1.165, 1.54) is 24.0 Å². The summed E-state index contributed by atoms with van der Waals surface area (Å²) in [6.45, 7) is 3.27. The molecule has 1 N–H and O–H groups in total. The summed E-state index contributed by atoms with van der Waals surface area (Å²) in [5, 5.41) is 3.53. The molecule has 1 saturated heterocycles. The summed E-state index contributed by atoms with van der Waals surface area (Å²) in [6, 6.07) is 4.94. The number of ether oxygens (including phenoxy) is 1. The largest absolute Gasteiger partial charge is 0.496 e. The van der Waals surface area contributed by atoms with Crippen LogP contribution in [0.2, 0.25) is 0 Å². The summed E-state index contributed by atoms with van der Waals surface area (Å²) in [6.07, 6.45) is 3.66. The molecule has 0 aliphatic carbocycles. The molecule has 1 aliphatic heterocycles. The van der Waals surface area contributed by atoms with Gasteiger partial charge in [-0.05, 0) is 65.9 Å². The first-order valence-corrected chi connectivity index (χ1v) is 6.56. The third-order valence-electron chi connectivity index (χ3n) is 3.11. The molecule has 1 unspecified atom stereocenters. The maximum Gasteiger partial charge on any atom is 0.133 e. The van der Waals surface area contributed by atoms with Crippen LogP contribution >= 0.6 is 15.9 Å². The van der Waals surface area contributed by atoms with Gasteiger partial charge in [0.1, 0.15) is 5.75 Å². The lowest BCUT2D eigenvalue weighted by atomic mass is 10.0. The number of halogens is 1. The Morgan fingerprint density at radius 1 is 1.50 bits per heavy atom. The van der Waals surface area contributed by atoms with E-state index in [-0.39, 0.29) is 0 Å². The molecule has 0 radical (unpaired) electrons. The number of benzene rings is 1. The Morgan fingerprint density at radius 3 is 2.94 bits per heavy atom. The molecule has 88 valence electrons. The van der Waals surface area contributed by atoms with Crippen molar-refractivity contribution in [3.05, 3.63) is 27.7 Å². The van der Waals surface area contributed by atoms with Gasteiger partial charge in [-0.2, -0.15) is 0 Å². The highest BCUT2D eigenvalue weighted by Crippen LogP contribution is 2.31. The first-order valence-electron chi connectivity index (χ1n) is 5.77. The van der Waals surface area contributed by atoms with Crippen LogP contribution in [0.25, 0.3) is 0 Å². The van der Waals surface area contributed by atoms with Crippen molar-refractivity contribution in [2.75, 3.05) is 13.7 Å². The van der Waals surface area contributed by atoms with Crippen molar-refractivity contribution in [2.45, 2.75) is 32.2 Å². The first-order chi connectivity index (χ1) is 7.70. The number of nitrogens with one attached hydrogen (secondary N) is 1. The Balaban J connectivity index is 2.21. The number of hydrogen-bond donors (Lipinski definition) is 1. The molecule has 1 heterocycles. The van der Waals surface area contributed by atoms with Crippen molar-refractivity contribution in [3.8, 4) is 5.75 Å². The summed E-state index contributed by atoms with van der Waals surface area (Å²) in [5.41, 5.74) is 2.60. The van der Waals surface area contributed by atoms with Gasteiger partial charge in [0, 0.05) is 6.04 Å². The smallest absolute Gasteiger partial charge is 0.133 e. The molecule has 1 aliphatic rings. The normalized spacial score (nSPS) is 20.1. The van der Waals surface area contributed by atoms with Gasteiger partial charge in [0.05, 0.1) is 11.6 Å². The van der Waals surface area contributed by atoms with Crippen LogP contribution in [-0.2, 0) is 6.42 Å². The second kappa shape index (κ2) is 5.19. The summed E-state index contributed by atoms with van der Waals surface area (Å²) in [4.78, 5) is 0. The quantitative estimate of drug-likeness (QED) is 0.921. The SMILES string of the molecule is COc1cc(C)cc(CC2CCCN2)c1Br. The Morgan fingerprint density at radius 2 is 2.31 bits per heavy atom. The van der Waals surface area contributed by atoms with Crippen molar-refractivity contribution in [3.63, 3.8) is 0 Å². The molecular weight excluding hydrogens is 266 g/mol. The Kier molecular flexibility index (Phi) is 3.87. The summed E-state index contributed by atoms with van der Waals surface area (Å²) in [7, 11) is 1.72. The lowest BCUT2D eigenvalue weighted by Gasteiger charge is -2.14. The predicted octanol–water partition coefficient (Wildman–Crippen LogP) is 3.06. The monoisotopic (exact) mass is 283 g/mol. The lowest BCUT2D eigenvalue weighted by Crippen LogP contribution is -2.23. The average Bonchev–Trinajstić information content (AvgIpc) is 2.75. The van der Waals surface area contributed by atoms with E-state index in [1.807, 2.05) is 0 Å². The van der Waals surface area contributed by atoms with Crippen molar-refractivity contribution < 1.29 is 4.74 Å². The molecule has 0 aromatic heterocycles. The first kappa shape index (κ1) is 11.9. The van der Waals surface area contributed by atoms with Gasteiger partial charge in [-0.15, -0.1) is 0 Å². The molecule has 0 spiro atoms. The summed E-state index contributed by atoms with van der Waals surface area (Å²) in [5.74, 6) is 0.938. The molecule has 3 heteroatoms. The number of methoxy groups -OCH3 is 1. The van der Waals surface area contributed by atoms with Crippen molar-refractivity contribution in [2.24, 2.45) is 0 Å². The molecule has 1 aromatic rings. The maximum atomic E-state index is 5.36. The third-order valence-corrected chi connectivity index (χ3v) is 4.01. The van der Waals surface area contributed by atoms with Gasteiger partial charge in [-0.1, -0.05) is 6.07 Å². The van der Waals surface area contributed by atoms with Gasteiger partial charge >= 0.3 is 0 Å². The molecule has 0 saturated carbocycles. The molecule has 0 amide bonds. The van der Waals surface area contributed by atoms with Crippen LogP contribution in [0.5, 0.6) is 5.75 Å². The minimum Gasteiger partial charge on any atom is -0.496 e. The van der Waals surface area contributed by atoms with E-state index in [0.29, 0.717) is 6.04 Å². The molecule has 2 rings (SSSR count). The lowest BCUT2D eigenvalue weighted by molar-refractivity contribution is 0.410. The molecule has 1 atom stereocenters. The van der Waals surface area contributed by atoms with Gasteiger partial charge in [-0.25, -0.2) is 0 Å². The van der Waals surface area contributed by atoms with Crippen molar-refractivity contribution in [1.82, 2.24) is 5.32 Å². The molecule has 0 bridgehead atoms. The van der Waals surface area contributed by atoms with Crippen LogP contribution in [0.15, 0.2) is 16.6 Å². The van der Waals surface area contributed by atoms with Crippen LogP contribution in [0, 0.1) is 6.92 Å². The van der Waals surface area contributed by atoms with Gasteiger partial charge in [0.15, 0.2) is 0 Å². The van der Waals surface area contributed by atoms with E-state index in [9.17, 15) is 0 Å². The second-order valence-corrected chi connectivity index (χ2v) is 5.23. The number of aryl methyl sites for hydroxylation is 1. The van der Waals surface area contributed by atoms with E-state index in [2.05, 4.69) is 40.3 Å². The number of hydrogen-bond acceptors (Lipinski definition) is 2. The van der Waals surface area contributed by atoms with E-state index in [0.717, 1.165) is 23.2 Å². The number of rotatable bonds is 3. The fourth-order valence-corrected chi connectivity index (χ4v) is 2.85. The van der Waals surface area contributed by atoms with E-state index < -0.39 is 0 Å². The van der Waals surface area contributed by atoms with E-state index >= 15 is 0 Å². The predicted molar refractivity (Wildman–Crippen MR) is 70.2 cm³/mol. The fourth-order valence-electron chi connectivity index (χ4n) is 2.30. The molecule has 2 nitrogen and oxygen atoms in total. The van der Waals surface area contributed by atoms with Crippen LogP contribution in [0.4, 0.5) is 0 Å². The maximum absolute atomic E-state index is 5.36. The van der Waals surface area contributed by atoms with E-state index in [4.69, 9.17) is 4.74 Å². The highest BCUT2D eigenvalue weighted by atomic mass is 79.9. The molecule has 16 heavy (non-hydrogen) atoms. The Bertz CT molecular complexity index is 372. The summed E-state index contributed by atoms with van der Waals surface area (Å²) >= 11 is 3.63. The Labute approximate surface area is 106 Å². The van der Waals surface area contributed by atoms with Crippen LogP contribution < -0.4 is 10.1 Å². The summed E-state index contributed by atoms with van der Waals surface area (Å²) < 4.78 is 6.47. The van der Waals surface area contributed by atoms with Crippen LogP contribution in [0.3, 0.4) is 0 Å². The zero-order valence-corrected chi connectivity index (χ0v) is 11.4. The molecular formula is C13H18BrNO. The highest BCUT2D eigenvalue weighted by Gasteiger charge is 2.17. The van der Waals surface area contributed by atoms with Crippen molar-refractivity contribution in [1.29, 1.82) is 0 Å². The highest BCUT2D eigenvalue weighted by molar-refractivity contribution is 9.10. The van der Waals surface area contributed by atoms with Crippen LogP contribution in [-0.4, -0.2) is 19.7 Å². The third kappa shape index (κ3) is 2.58. The standard InChI is InChI=1S/C13H18BrNO/c1-9-6-10(8-11-4-3-5-15-11)13(14)12(7-9)16-2/h6-7,11,15H,3-5,8H2,1-2H3. The van der Waals surface area contributed by atoms with Crippen LogP contribution in [0.1, 0.15) is 24.0 Å². The molecule has 1 fully saturated rings. The minimum absolute atomic E-state index is 0.628. The van der Waals surface area contributed by atoms with E-state index in [1.54, 1.807) is 7.11 Å². The fraction of sp³-hybridized carbons (Fsp3) is 0.538. The van der Waals surface area contributed by atoms with Gasteiger partial charge in [0.2, 0.25) is 0 Å². The average molecular weight is 284 g/mol. The Hall–Kier alpha value is -0.540. The zero-order valence-electron chi connectivity index (χ0n) is 9.85. The zero-order chi connectivity index (χ0) is 11.5. The van der Waals surface area contributed by atoms with Gasteiger partial charge in [-0.3, -0.25) is 0 Å². The van der Waals surface area contributed by atoms with Gasteiger partial charge in [0.25, 0.3) is 0 Å². The van der Waals surface area contributed by atoms with Crippen molar-refractivity contribution >= 4 is 15.9 Å².